The van der Waals surface area contributed by atoms with Crippen molar-refractivity contribution in [3.8, 4) is 0 Å². The SMILES string of the molecule is CCCCCCCC/C=C\CCCCCCCCCC(O)CCCCCCCCC/C=C\CCCCCCCC. The molecule has 0 fully saturated rings. The monoisotopic (exact) mass is 561 g/mol. The van der Waals surface area contributed by atoms with Crippen LogP contribution in [0.3, 0.4) is 0 Å². The Hall–Kier alpha value is -0.560. The first-order valence-corrected chi connectivity index (χ1v) is 18.8. The highest BCUT2D eigenvalue weighted by atomic mass is 16.3. The minimum atomic E-state index is -0.0498. The van der Waals surface area contributed by atoms with Crippen LogP contribution in [0.25, 0.3) is 0 Å². The van der Waals surface area contributed by atoms with Crippen LogP contribution in [-0.2, 0) is 0 Å². The average Bonchev–Trinajstić information content (AvgIpc) is 2.96. The van der Waals surface area contributed by atoms with Gasteiger partial charge in [-0.3, -0.25) is 0 Å². The van der Waals surface area contributed by atoms with Gasteiger partial charge in [-0.1, -0.05) is 179 Å². The third kappa shape index (κ3) is 35.5. The maximum absolute atomic E-state index is 10.3. The van der Waals surface area contributed by atoms with Gasteiger partial charge in [-0.15, -0.1) is 0 Å². The number of hydrogen-bond acceptors (Lipinski definition) is 1. The van der Waals surface area contributed by atoms with Crippen LogP contribution in [-0.4, -0.2) is 11.2 Å². The summed E-state index contributed by atoms with van der Waals surface area (Å²) in [5.74, 6) is 0. The highest BCUT2D eigenvalue weighted by molar-refractivity contribution is 4.82. The number of unbranched alkanes of at least 4 members (excludes halogenated alkanes) is 26. The number of aliphatic hydroxyl groups excluding tert-OH is 1. The summed E-state index contributed by atoms with van der Waals surface area (Å²) < 4.78 is 0. The molecule has 0 aromatic heterocycles. The molecule has 0 amide bonds. The van der Waals surface area contributed by atoms with E-state index in [0.29, 0.717) is 0 Å². The Morgan fingerprint density at radius 2 is 0.550 bits per heavy atom. The van der Waals surface area contributed by atoms with Gasteiger partial charge in [0.2, 0.25) is 0 Å². The molecule has 1 heteroatoms. The van der Waals surface area contributed by atoms with Crippen molar-refractivity contribution in [2.75, 3.05) is 0 Å². The Bertz CT molecular complexity index is 449. The second kappa shape index (κ2) is 36.5. The zero-order valence-electron chi connectivity index (χ0n) is 28.0. The summed E-state index contributed by atoms with van der Waals surface area (Å²) in [6.07, 6.45) is 52.5. The Balaban J connectivity index is 3.22. The van der Waals surface area contributed by atoms with Crippen molar-refractivity contribution < 1.29 is 5.11 Å². The Morgan fingerprint density at radius 3 is 0.825 bits per heavy atom. The first-order chi connectivity index (χ1) is 19.8. The molecule has 0 radical (unpaired) electrons. The van der Waals surface area contributed by atoms with Gasteiger partial charge in [0.15, 0.2) is 0 Å². The summed E-state index contributed by atoms with van der Waals surface area (Å²) in [5, 5.41) is 10.3. The van der Waals surface area contributed by atoms with Crippen LogP contribution in [0.15, 0.2) is 24.3 Å². The van der Waals surface area contributed by atoms with Gasteiger partial charge in [-0.25, -0.2) is 0 Å². The largest absolute Gasteiger partial charge is 0.393 e. The van der Waals surface area contributed by atoms with Crippen molar-refractivity contribution >= 4 is 0 Å². The van der Waals surface area contributed by atoms with E-state index < -0.39 is 0 Å². The highest BCUT2D eigenvalue weighted by Gasteiger charge is 2.03. The molecule has 0 saturated heterocycles. The smallest absolute Gasteiger partial charge is 0.0540 e. The van der Waals surface area contributed by atoms with Gasteiger partial charge in [-0.2, -0.15) is 0 Å². The summed E-state index contributed by atoms with van der Waals surface area (Å²) >= 11 is 0. The number of rotatable bonds is 34. The maximum atomic E-state index is 10.3. The standard InChI is InChI=1S/C39H76O/c1-3-5-7-9-11-13-15-17-19-21-23-25-27-29-31-33-35-37-39(40)38-36-34-32-30-28-26-24-22-20-18-16-14-12-10-8-6-4-2/h17-20,39-40H,3-16,21-38H2,1-2H3/b19-17-,20-18-. The molecule has 1 N–H and O–H groups in total. The molecule has 0 bridgehead atoms. The minimum Gasteiger partial charge on any atom is -0.393 e. The first-order valence-electron chi connectivity index (χ1n) is 18.8. The number of aliphatic hydroxyl groups is 1. The molecule has 0 saturated carbocycles. The summed E-state index contributed by atoms with van der Waals surface area (Å²) in [4.78, 5) is 0. The van der Waals surface area contributed by atoms with E-state index in [-0.39, 0.29) is 6.10 Å². The van der Waals surface area contributed by atoms with Crippen LogP contribution in [0, 0.1) is 0 Å². The van der Waals surface area contributed by atoms with E-state index >= 15 is 0 Å². The molecule has 0 aliphatic heterocycles. The molecule has 0 aliphatic carbocycles. The summed E-state index contributed by atoms with van der Waals surface area (Å²) in [6, 6.07) is 0. The van der Waals surface area contributed by atoms with E-state index in [1.54, 1.807) is 0 Å². The third-order valence-corrected chi connectivity index (χ3v) is 8.60. The van der Waals surface area contributed by atoms with Gasteiger partial charge >= 0.3 is 0 Å². The average molecular weight is 561 g/mol. The van der Waals surface area contributed by atoms with Gasteiger partial charge in [0, 0.05) is 0 Å². The molecule has 0 aliphatic rings. The zero-order chi connectivity index (χ0) is 29.0. The van der Waals surface area contributed by atoms with Gasteiger partial charge in [-0.05, 0) is 64.2 Å². The lowest BCUT2D eigenvalue weighted by Gasteiger charge is -2.10. The van der Waals surface area contributed by atoms with Crippen molar-refractivity contribution in [1.29, 1.82) is 0 Å². The zero-order valence-corrected chi connectivity index (χ0v) is 28.0. The summed E-state index contributed by atoms with van der Waals surface area (Å²) in [5.41, 5.74) is 0. The Kier molecular flexibility index (Phi) is 36.0. The predicted octanol–water partition coefficient (Wildman–Crippen LogP) is 14.0. The lowest BCUT2D eigenvalue weighted by molar-refractivity contribution is 0.147. The van der Waals surface area contributed by atoms with Crippen LogP contribution in [0.4, 0.5) is 0 Å². The van der Waals surface area contributed by atoms with E-state index in [1.165, 1.54) is 193 Å². The summed E-state index contributed by atoms with van der Waals surface area (Å²) in [7, 11) is 0. The van der Waals surface area contributed by atoms with E-state index in [4.69, 9.17) is 0 Å². The lowest BCUT2D eigenvalue weighted by atomic mass is 10.0. The van der Waals surface area contributed by atoms with Gasteiger partial charge in [0.05, 0.1) is 6.10 Å². The molecular formula is C39H76O. The van der Waals surface area contributed by atoms with E-state index in [1.807, 2.05) is 0 Å². The van der Waals surface area contributed by atoms with Crippen molar-refractivity contribution in [2.45, 2.75) is 225 Å². The molecular weight excluding hydrogens is 484 g/mol. The fourth-order valence-corrected chi connectivity index (χ4v) is 5.75. The van der Waals surface area contributed by atoms with E-state index in [9.17, 15) is 5.11 Å². The van der Waals surface area contributed by atoms with E-state index in [2.05, 4.69) is 38.2 Å². The maximum Gasteiger partial charge on any atom is 0.0540 e. The first kappa shape index (κ1) is 39.4. The number of hydrogen-bond donors (Lipinski definition) is 1. The van der Waals surface area contributed by atoms with Gasteiger partial charge < -0.3 is 5.11 Å². The van der Waals surface area contributed by atoms with Crippen LogP contribution in [0.2, 0.25) is 0 Å². The lowest BCUT2D eigenvalue weighted by Crippen LogP contribution is -2.05. The van der Waals surface area contributed by atoms with Crippen LogP contribution >= 0.6 is 0 Å². The van der Waals surface area contributed by atoms with Crippen molar-refractivity contribution in [1.82, 2.24) is 0 Å². The second-order valence-corrected chi connectivity index (χ2v) is 12.8. The normalized spacial score (nSPS) is 12.1. The Labute approximate surface area is 254 Å². The molecule has 0 aromatic rings. The molecule has 0 spiro atoms. The van der Waals surface area contributed by atoms with Crippen molar-refractivity contribution in [3.05, 3.63) is 24.3 Å². The molecule has 0 atom stereocenters. The number of allylic oxidation sites excluding steroid dienone is 4. The van der Waals surface area contributed by atoms with Gasteiger partial charge in [0.1, 0.15) is 0 Å². The Morgan fingerprint density at radius 1 is 0.325 bits per heavy atom. The summed E-state index contributed by atoms with van der Waals surface area (Å²) in [6.45, 7) is 4.58. The predicted molar refractivity (Wildman–Crippen MR) is 183 cm³/mol. The third-order valence-electron chi connectivity index (χ3n) is 8.60. The second-order valence-electron chi connectivity index (χ2n) is 12.8. The van der Waals surface area contributed by atoms with Gasteiger partial charge in [0.25, 0.3) is 0 Å². The topological polar surface area (TPSA) is 20.2 Å². The van der Waals surface area contributed by atoms with Crippen LogP contribution in [0.1, 0.15) is 219 Å². The molecule has 0 rings (SSSR count). The highest BCUT2D eigenvalue weighted by Crippen LogP contribution is 2.16. The quantitative estimate of drug-likeness (QED) is 0.0613. The van der Waals surface area contributed by atoms with Crippen LogP contribution in [0.5, 0.6) is 0 Å². The molecule has 0 aromatic carbocycles. The molecule has 0 unspecified atom stereocenters. The minimum absolute atomic E-state index is 0.0498. The molecule has 238 valence electrons. The molecule has 0 heterocycles. The van der Waals surface area contributed by atoms with E-state index in [0.717, 1.165) is 12.8 Å². The molecule has 1 nitrogen and oxygen atoms in total. The van der Waals surface area contributed by atoms with Crippen molar-refractivity contribution in [3.63, 3.8) is 0 Å². The fraction of sp³-hybridized carbons (Fsp3) is 0.897. The van der Waals surface area contributed by atoms with Crippen LogP contribution < -0.4 is 0 Å². The molecule has 40 heavy (non-hydrogen) atoms. The fourth-order valence-electron chi connectivity index (χ4n) is 5.75. The van der Waals surface area contributed by atoms with Crippen molar-refractivity contribution in [2.24, 2.45) is 0 Å².